The van der Waals surface area contributed by atoms with Crippen LogP contribution >= 0.6 is 31.1 Å². The van der Waals surface area contributed by atoms with Crippen molar-refractivity contribution in [3.05, 3.63) is 30.3 Å². The van der Waals surface area contributed by atoms with E-state index in [1.807, 2.05) is 44.2 Å². The van der Waals surface area contributed by atoms with Gasteiger partial charge in [-0.05, 0) is 26.0 Å². The zero-order chi connectivity index (χ0) is 15.0. The standard InChI is InChI=1S/C14H23O3PS2/c1-5-16-18(15,17-6-2)14(19-12(3)4)20-13-10-8-7-9-11-13/h7-12,14H,5-6H2,1-4H3. The van der Waals surface area contributed by atoms with Crippen molar-refractivity contribution in [3.8, 4) is 0 Å². The summed E-state index contributed by atoms with van der Waals surface area (Å²) >= 11 is 3.18. The van der Waals surface area contributed by atoms with Gasteiger partial charge in [0, 0.05) is 10.1 Å². The summed E-state index contributed by atoms with van der Waals surface area (Å²) in [6.45, 7) is 8.65. The molecule has 1 aromatic carbocycles. The van der Waals surface area contributed by atoms with Crippen LogP contribution in [0.2, 0.25) is 0 Å². The molecule has 6 heteroatoms. The van der Waals surface area contributed by atoms with Gasteiger partial charge in [0.25, 0.3) is 0 Å². The summed E-state index contributed by atoms with van der Waals surface area (Å²) in [6.07, 6.45) is 0. The summed E-state index contributed by atoms with van der Waals surface area (Å²) in [5.74, 6) is 0. The summed E-state index contributed by atoms with van der Waals surface area (Å²) in [4.78, 5) is 1.07. The van der Waals surface area contributed by atoms with Gasteiger partial charge in [-0.3, -0.25) is 4.57 Å². The van der Waals surface area contributed by atoms with Crippen LogP contribution < -0.4 is 0 Å². The van der Waals surface area contributed by atoms with Gasteiger partial charge in [0.1, 0.15) is 0 Å². The van der Waals surface area contributed by atoms with E-state index in [4.69, 9.17) is 9.05 Å². The smallest absolute Gasteiger partial charge is 0.308 e. The molecule has 114 valence electrons. The fourth-order valence-electron chi connectivity index (χ4n) is 1.53. The number of thioether (sulfide) groups is 2. The van der Waals surface area contributed by atoms with Gasteiger partial charge in [0.2, 0.25) is 0 Å². The molecule has 0 aliphatic carbocycles. The third-order valence-electron chi connectivity index (χ3n) is 2.24. The van der Waals surface area contributed by atoms with Gasteiger partial charge >= 0.3 is 7.60 Å². The lowest BCUT2D eigenvalue weighted by atomic mass is 10.4. The van der Waals surface area contributed by atoms with Crippen LogP contribution in [0.4, 0.5) is 0 Å². The second-order valence-corrected chi connectivity index (χ2v) is 10.3. The zero-order valence-electron chi connectivity index (χ0n) is 12.4. The lowest BCUT2D eigenvalue weighted by molar-refractivity contribution is 0.222. The van der Waals surface area contributed by atoms with Gasteiger partial charge in [0.15, 0.2) is 4.32 Å². The van der Waals surface area contributed by atoms with Crippen molar-refractivity contribution in [1.82, 2.24) is 0 Å². The molecule has 0 aliphatic heterocycles. The summed E-state index contributed by atoms with van der Waals surface area (Å²) in [6, 6.07) is 9.96. The predicted molar refractivity (Wildman–Crippen MR) is 89.7 cm³/mol. The molecule has 1 atom stereocenters. The summed E-state index contributed by atoms with van der Waals surface area (Å²) in [5.41, 5.74) is 0. The Kier molecular flexibility index (Phi) is 8.30. The predicted octanol–water partition coefficient (Wildman–Crippen LogP) is 5.47. The van der Waals surface area contributed by atoms with E-state index in [-0.39, 0.29) is 4.32 Å². The molecule has 1 aromatic rings. The number of benzene rings is 1. The highest BCUT2D eigenvalue weighted by Gasteiger charge is 2.37. The monoisotopic (exact) mass is 334 g/mol. The van der Waals surface area contributed by atoms with E-state index in [1.54, 1.807) is 23.5 Å². The van der Waals surface area contributed by atoms with Crippen LogP contribution in [0.5, 0.6) is 0 Å². The second-order valence-electron chi connectivity index (χ2n) is 4.30. The summed E-state index contributed by atoms with van der Waals surface area (Å²) in [7, 11) is -3.12. The Morgan fingerprint density at radius 1 is 1.10 bits per heavy atom. The molecule has 0 amide bonds. The Morgan fingerprint density at radius 2 is 1.65 bits per heavy atom. The summed E-state index contributed by atoms with van der Waals surface area (Å²) < 4.78 is 23.7. The van der Waals surface area contributed by atoms with Crippen LogP contribution in [-0.2, 0) is 13.6 Å². The van der Waals surface area contributed by atoms with Crippen molar-refractivity contribution < 1.29 is 13.6 Å². The third-order valence-corrected chi connectivity index (χ3v) is 8.37. The van der Waals surface area contributed by atoms with Crippen molar-refractivity contribution in [2.24, 2.45) is 0 Å². The van der Waals surface area contributed by atoms with Crippen molar-refractivity contribution in [3.63, 3.8) is 0 Å². The van der Waals surface area contributed by atoms with Gasteiger partial charge in [-0.1, -0.05) is 43.8 Å². The molecule has 1 unspecified atom stereocenters. The van der Waals surface area contributed by atoms with Gasteiger partial charge in [-0.25, -0.2) is 0 Å². The Bertz CT molecular complexity index is 416. The average molecular weight is 334 g/mol. The quantitative estimate of drug-likeness (QED) is 0.340. The fourth-order valence-corrected chi connectivity index (χ4v) is 7.75. The molecule has 20 heavy (non-hydrogen) atoms. The van der Waals surface area contributed by atoms with E-state index < -0.39 is 7.60 Å². The zero-order valence-corrected chi connectivity index (χ0v) is 15.0. The lowest BCUT2D eigenvalue weighted by Crippen LogP contribution is -2.09. The minimum Gasteiger partial charge on any atom is -0.308 e. The van der Waals surface area contributed by atoms with Crippen LogP contribution in [-0.4, -0.2) is 22.8 Å². The van der Waals surface area contributed by atoms with Crippen molar-refractivity contribution in [2.75, 3.05) is 13.2 Å². The molecule has 0 saturated heterocycles. The maximum Gasteiger partial charge on any atom is 0.353 e. The van der Waals surface area contributed by atoms with Crippen molar-refractivity contribution >= 4 is 31.1 Å². The highest BCUT2D eigenvalue weighted by Crippen LogP contribution is 2.63. The second kappa shape index (κ2) is 9.16. The van der Waals surface area contributed by atoms with Crippen LogP contribution in [0.15, 0.2) is 35.2 Å². The molecule has 0 radical (unpaired) electrons. The number of hydrogen-bond acceptors (Lipinski definition) is 5. The van der Waals surface area contributed by atoms with Gasteiger partial charge in [-0.15, -0.1) is 11.8 Å². The topological polar surface area (TPSA) is 35.5 Å². The highest BCUT2D eigenvalue weighted by atomic mass is 32.2. The fraction of sp³-hybridized carbons (Fsp3) is 0.571. The van der Waals surface area contributed by atoms with Crippen molar-refractivity contribution in [2.45, 2.75) is 42.2 Å². The lowest BCUT2D eigenvalue weighted by Gasteiger charge is -2.26. The molecule has 3 nitrogen and oxygen atoms in total. The van der Waals surface area contributed by atoms with E-state index in [9.17, 15) is 4.57 Å². The van der Waals surface area contributed by atoms with Crippen LogP contribution in [0.25, 0.3) is 0 Å². The van der Waals surface area contributed by atoms with E-state index in [0.717, 1.165) is 4.90 Å². The maximum atomic E-state index is 13.0. The van der Waals surface area contributed by atoms with E-state index >= 15 is 0 Å². The molecule has 1 rings (SSSR count). The van der Waals surface area contributed by atoms with Crippen LogP contribution in [0.1, 0.15) is 27.7 Å². The number of hydrogen-bond donors (Lipinski definition) is 0. The van der Waals surface area contributed by atoms with Gasteiger partial charge in [0.05, 0.1) is 13.2 Å². The first-order valence-corrected chi connectivity index (χ1v) is 10.2. The molecule has 0 N–H and O–H groups in total. The normalized spacial score (nSPS) is 13.7. The maximum absolute atomic E-state index is 13.0. The molecule has 0 spiro atoms. The van der Waals surface area contributed by atoms with E-state index in [1.165, 1.54) is 0 Å². The Labute approximate surface area is 130 Å². The molecule has 0 fully saturated rings. The Morgan fingerprint density at radius 3 is 2.10 bits per heavy atom. The first-order valence-electron chi connectivity index (χ1n) is 6.77. The Balaban J connectivity index is 2.94. The number of rotatable bonds is 9. The molecule has 0 aliphatic rings. The van der Waals surface area contributed by atoms with Crippen LogP contribution in [0.3, 0.4) is 0 Å². The molecule has 0 bridgehead atoms. The third kappa shape index (κ3) is 5.82. The SMILES string of the molecule is CCOP(=O)(OCC)C(Sc1ccccc1)SC(C)C. The molecule has 0 aromatic heterocycles. The molecule has 0 heterocycles. The molecule has 0 saturated carbocycles. The minimum absolute atomic E-state index is 0.246. The Hall–Kier alpha value is 0.0700. The summed E-state index contributed by atoms with van der Waals surface area (Å²) in [5, 5.41) is 0.352. The molecular formula is C14H23O3PS2. The first-order chi connectivity index (χ1) is 9.51. The van der Waals surface area contributed by atoms with Crippen molar-refractivity contribution in [1.29, 1.82) is 0 Å². The minimum atomic E-state index is -3.12. The largest absolute Gasteiger partial charge is 0.353 e. The van der Waals surface area contributed by atoms with Crippen LogP contribution in [0, 0.1) is 0 Å². The average Bonchev–Trinajstić information content (AvgIpc) is 2.39. The van der Waals surface area contributed by atoms with E-state index in [2.05, 4.69) is 13.8 Å². The van der Waals surface area contributed by atoms with Gasteiger partial charge < -0.3 is 9.05 Å². The van der Waals surface area contributed by atoms with E-state index in [0.29, 0.717) is 18.5 Å². The molecular weight excluding hydrogens is 311 g/mol. The van der Waals surface area contributed by atoms with Gasteiger partial charge in [-0.2, -0.15) is 0 Å². The first kappa shape index (κ1) is 18.1. The highest BCUT2D eigenvalue weighted by molar-refractivity contribution is 8.23.